The monoisotopic (exact) mass is 309 g/mol. The Hall–Kier alpha value is -1.26. The van der Waals surface area contributed by atoms with Crippen molar-refractivity contribution < 1.29 is 9.59 Å². The fraction of sp³-hybridized carbons (Fsp3) is 0.882. The summed E-state index contributed by atoms with van der Waals surface area (Å²) < 4.78 is 0. The Bertz CT molecular complexity index is 359. The molecule has 1 heterocycles. The molecule has 1 saturated heterocycles. The number of rotatable bonds is 5. The normalized spacial score (nSPS) is 20.7. The van der Waals surface area contributed by atoms with Crippen molar-refractivity contribution in [2.24, 2.45) is 5.92 Å². The highest BCUT2D eigenvalue weighted by molar-refractivity contribution is 5.76. The summed E-state index contributed by atoms with van der Waals surface area (Å²) in [6, 6.07) is 0.472. The predicted octanol–water partition coefficient (Wildman–Crippen LogP) is 2.66. The van der Waals surface area contributed by atoms with Crippen molar-refractivity contribution in [2.75, 3.05) is 19.6 Å². The van der Waals surface area contributed by atoms with E-state index in [-0.39, 0.29) is 11.9 Å². The average molecular weight is 309 g/mol. The molecule has 2 rings (SSSR count). The molecule has 0 unspecified atom stereocenters. The molecule has 126 valence electrons. The number of likely N-dealkylation sites (tertiary alicyclic amines) is 1. The van der Waals surface area contributed by atoms with E-state index in [1.807, 2.05) is 4.90 Å². The second-order valence-electron chi connectivity index (χ2n) is 6.77. The summed E-state index contributed by atoms with van der Waals surface area (Å²) in [6.45, 7) is 4.39. The first kappa shape index (κ1) is 17.1. The first-order chi connectivity index (χ1) is 10.7. The minimum atomic E-state index is 0.0979. The molecule has 0 spiro atoms. The number of hydrogen-bond donors (Lipinski definition) is 2. The Labute approximate surface area is 134 Å². The second kappa shape index (κ2) is 9.01. The third-order valence-electron chi connectivity index (χ3n) is 4.88. The highest BCUT2D eigenvalue weighted by Crippen LogP contribution is 2.22. The van der Waals surface area contributed by atoms with Crippen LogP contribution >= 0.6 is 0 Å². The van der Waals surface area contributed by atoms with Crippen LogP contribution in [0.4, 0.5) is 4.79 Å². The highest BCUT2D eigenvalue weighted by Gasteiger charge is 2.25. The maximum atomic E-state index is 12.3. The number of hydrogen-bond acceptors (Lipinski definition) is 2. The van der Waals surface area contributed by atoms with Crippen LogP contribution in [0.1, 0.15) is 64.7 Å². The van der Waals surface area contributed by atoms with Crippen molar-refractivity contribution in [2.45, 2.75) is 70.8 Å². The molecule has 1 saturated carbocycles. The summed E-state index contributed by atoms with van der Waals surface area (Å²) in [5.74, 6) is 0.586. The van der Waals surface area contributed by atoms with Gasteiger partial charge in [-0.1, -0.05) is 26.2 Å². The molecule has 0 radical (unpaired) electrons. The van der Waals surface area contributed by atoms with Gasteiger partial charge in [-0.3, -0.25) is 4.79 Å². The van der Waals surface area contributed by atoms with E-state index in [2.05, 4.69) is 17.6 Å². The summed E-state index contributed by atoms with van der Waals surface area (Å²) in [5, 5.41) is 6.12. The molecular weight excluding hydrogens is 278 g/mol. The number of nitrogens with one attached hydrogen (secondary N) is 2. The maximum Gasteiger partial charge on any atom is 0.317 e. The molecule has 0 bridgehead atoms. The number of amides is 3. The van der Waals surface area contributed by atoms with E-state index in [1.54, 1.807) is 0 Å². The number of carbonyl (C=O) groups is 2. The van der Waals surface area contributed by atoms with Crippen LogP contribution in [0, 0.1) is 5.92 Å². The summed E-state index contributed by atoms with van der Waals surface area (Å²) >= 11 is 0. The third kappa shape index (κ3) is 5.50. The van der Waals surface area contributed by atoms with Gasteiger partial charge in [-0.25, -0.2) is 4.79 Å². The van der Waals surface area contributed by atoms with Crippen LogP contribution < -0.4 is 10.6 Å². The lowest BCUT2D eigenvalue weighted by Gasteiger charge is -2.33. The zero-order valence-electron chi connectivity index (χ0n) is 13.9. The lowest BCUT2D eigenvalue weighted by molar-refractivity contribution is -0.122. The Morgan fingerprint density at radius 1 is 1.05 bits per heavy atom. The van der Waals surface area contributed by atoms with Crippen molar-refractivity contribution >= 4 is 11.9 Å². The van der Waals surface area contributed by atoms with E-state index in [1.165, 1.54) is 19.3 Å². The number of urea groups is 1. The molecule has 1 aliphatic carbocycles. The van der Waals surface area contributed by atoms with E-state index in [9.17, 15) is 9.59 Å². The smallest absolute Gasteiger partial charge is 0.317 e. The first-order valence-corrected chi connectivity index (χ1v) is 9.01. The van der Waals surface area contributed by atoms with Gasteiger partial charge < -0.3 is 15.5 Å². The van der Waals surface area contributed by atoms with E-state index in [4.69, 9.17) is 0 Å². The third-order valence-corrected chi connectivity index (χ3v) is 4.88. The van der Waals surface area contributed by atoms with Gasteiger partial charge in [0, 0.05) is 32.1 Å². The van der Waals surface area contributed by atoms with E-state index in [0.29, 0.717) is 18.4 Å². The Balaban J connectivity index is 1.65. The zero-order chi connectivity index (χ0) is 15.8. The van der Waals surface area contributed by atoms with Crippen molar-refractivity contribution in [1.82, 2.24) is 15.5 Å². The Morgan fingerprint density at radius 2 is 1.73 bits per heavy atom. The van der Waals surface area contributed by atoms with Crippen LogP contribution in [-0.4, -0.2) is 42.5 Å². The lowest BCUT2D eigenvalue weighted by Crippen LogP contribution is -2.48. The van der Waals surface area contributed by atoms with Crippen LogP contribution in [0.2, 0.25) is 0 Å². The van der Waals surface area contributed by atoms with Gasteiger partial charge in [0.1, 0.15) is 0 Å². The van der Waals surface area contributed by atoms with Gasteiger partial charge in [-0.15, -0.1) is 0 Å². The molecule has 5 heteroatoms. The molecule has 2 aliphatic rings. The quantitative estimate of drug-likeness (QED) is 0.820. The average Bonchev–Trinajstić information content (AvgIpc) is 2.54. The van der Waals surface area contributed by atoms with Gasteiger partial charge in [0.25, 0.3) is 0 Å². The fourth-order valence-electron chi connectivity index (χ4n) is 3.45. The molecule has 5 nitrogen and oxygen atoms in total. The molecule has 0 aromatic rings. The van der Waals surface area contributed by atoms with Crippen LogP contribution in [0.5, 0.6) is 0 Å². The number of nitrogens with zero attached hydrogens (tertiary/aromatic N) is 1. The van der Waals surface area contributed by atoms with Gasteiger partial charge in [0.05, 0.1) is 0 Å². The minimum absolute atomic E-state index is 0.0979. The van der Waals surface area contributed by atoms with E-state index in [0.717, 1.165) is 51.7 Å². The minimum Gasteiger partial charge on any atom is -0.356 e. The summed E-state index contributed by atoms with van der Waals surface area (Å²) in [5.41, 5.74) is 0. The zero-order valence-corrected chi connectivity index (χ0v) is 13.9. The summed E-state index contributed by atoms with van der Waals surface area (Å²) in [6.07, 6.45) is 9.50. The van der Waals surface area contributed by atoms with Crippen molar-refractivity contribution in [3.05, 3.63) is 0 Å². The van der Waals surface area contributed by atoms with Gasteiger partial charge in [-0.05, 0) is 38.0 Å². The molecule has 2 N–H and O–H groups in total. The number of carbonyl (C=O) groups excluding carboxylic acids is 2. The first-order valence-electron chi connectivity index (χ1n) is 9.01. The number of piperidine rings is 1. The standard InChI is InChI=1S/C17H31N3O2/c1-2-10-18-16(21)13-14-8-11-20(12-9-14)17(22)19-15-6-4-3-5-7-15/h14-15H,2-13H2,1H3,(H,18,21)(H,19,22). The molecule has 0 aromatic heterocycles. The molecule has 3 amide bonds. The van der Waals surface area contributed by atoms with Crippen LogP contribution in [0.3, 0.4) is 0 Å². The molecule has 22 heavy (non-hydrogen) atoms. The van der Waals surface area contributed by atoms with Crippen LogP contribution in [-0.2, 0) is 4.79 Å². The van der Waals surface area contributed by atoms with Crippen molar-refractivity contribution in [3.63, 3.8) is 0 Å². The largest absolute Gasteiger partial charge is 0.356 e. The van der Waals surface area contributed by atoms with Gasteiger partial charge in [0.2, 0.25) is 5.91 Å². The maximum absolute atomic E-state index is 12.3. The predicted molar refractivity (Wildman–Crippen MR) is 87.6 cm³/mol. The topological polar surface area (TPSA) is 61.4 Å². The second-order valence-corrected chi connectivity index (χ2v) is 6.77. The summed E-state index contributed by atoms with van der Waals surface area (Å²) in [7, 11) is 0. The fourth-order valence-corrected chi connectivity index (χ4v) is 3.45. The van der Waals surface area contributed by atoms with Gasteiger partial charge in [0.15, 0.2) is 0 Å². The van der Waals surface area contributed by atoms with E-state index >= 15 is 0 Å². The molecule has 0 aromatic carbocycles. The molecule has 2 fully saturated rings. The van der Waals surface area contributed by atoms with Crippen LogP contribution in [0.25, 0.3) is 0 Å². The Morgan fingerprint density at radius 3 is 2.36 bits per heavy atom. The lowest BCUT2D eigenvalue weighted by atomic mass is 9.93. The van der Waals surface area contributed by atoms with Crippen LogP contribution in [0.15, 0.2) is 0 Å². The SMILES string of the molecule is CCCNC(=O)CC1CCN(C(=O)NC2CCCCC2)CC1. The molecule has 1 aliphatic heterocycles. The van der Waals surface area contributed by atoms with Gasteiger partial charge >= 0.3 is 6.03 Å². The molecule has 0 atom stereocenters. The van der Waals surface area contributed by atoms with Crippen molar-refractivity contribution in [3.8, 4) is 0 Å². The van der Waals surface area contributed by atoms with Crippen molar-refractivity contribution in [1.29, 1.82) is 0 Å². The van der Waals surface area contributed by atoms with Gasteiger partial charge in [-0.2, -0.15) is 0 Å². The summed E-state index contributed by atoms with van der Waals surface area (Å²) in [4.78, 5) is 25.9. The van der Waals surface area contributed by atoms with E-state index < -0.39 is 0 Å². The Kier molecular flexibility index (Phi) is 7.00. The molecular formula is C17H31N3O2. The highest BCUT2D eigenvalue weighted by atomic mass is 16.2.